The van der Waals surface area contributed by atoms with Gasteiger partial charge in [0.1, 0.15) is 17.9 Å². The van der Waals surface area contributed by atoms with Gasteiger partial charge in [-0.3, -0.25) is 4.57 Å². The molecule has 1 atom stereocenters. The van der Waals surface area contributed by atoms with Crippen molar-refractivity contribution < 1.29 is 9.47 Å². The number of morpholine rings is 1. The fourth-order valence-electron chi connectivity index (χ4n) is 3.42. The smallest absolute Gasteiger partial charge is 0.232 e. The van der Waals surface area contributed by atoms with Gasteiger partial charge in [0.15, 0.2) is 11.9 Å². The van der Waals surface area contributed by atoms with Crippen molar-refractivity contribution in [2.24, 2.45) is 0 Å². The third-order valence-corrected chi connectivity index (χ3v) is 5.00. The third-order valence-electron chi connectivity index (χ3n) is 5.00. The van der Waals surface area contributed by atoms with Gasteiger partial charge in [0.05, 0.1) is 24.5 Å². The van der Waals surface area contributed by atoms with Crippen LogP contribution in [0.1, 0.15) is 18.3 Å². The normalized spacial score (nSPS) is 15.0. The lowest BCUT2D eigenvalue weighted by atomic mass is 10.1. The fourth-order valence-corrected chi connectivity index (χ4v) is 3.42. The van der Waals surface area contributed by atoms with Gasteiger partial charge < -0.3 is 14.4 Å². The van der Waals surface area contributed by atoms with Crippen molar-refractivity contribution >= 4 is 17.6 Å². The molecule has 32 heavy (non-hydrogen) atoms. The van der Waals surface area contributed by atoms with Gasteiger partial charge in [-0.2, -0.15) is 10.5 Å². The highest BCUT2D eigenvalue weighted by molar-refractivity contribution is 5.88. The van der Waals surface area contributed by atoms with Gasteiger partial charge in [0.25, 0.3) is 0 Å². The zero-order valence-corrected chi connectivity index (χ0v) is 17.7. The Morgan fingerprint density at radius 2 is 1.78 bits per heavy atom. The summed E-state index contributed by atoms with van der Waals surface area (Å²) in [5.74, 6) is 1.75. The first kappa shape index (κ1) is 21.1. The Bertz CT molecular complexity index is 1170. The summed E-state index contributed by atoms with van der Waals surface area (Å²) >= 11 is 0. The maximum Gasteiger partial charge on any atom is 0.232 e. The first-order chi connectivity index (χ1) is 15.7. The highest BCUT2D eigenvalue weighted by Crippen LogP contribution is 2.26. The van der Waals surface area contributed by atoms with Gasteiger partial charge in [-0.1, -0.05) is 30.3 Å². The molecule has 3 aromatic rings. The molecule has 1 aliphatic heterocycles. The summed E-state index contributed by atoms with van der Waals surface area (Å²) in [6, 6.07) is 21.3. The van der Waals surface area contributed by atoms with Crippen molar-refractivity contribution in [3.05, 3.63) is 66.0 Å². The zero-order chi connectivity index (χ0) is 22.3. The van der Waals surface area contributed by atoms with Crippen molar-refractivity contribution in [1.82, 2.24) is 14.8 Å². The Balaban J connectivity index is 1.72. The second-order valence-electron chi connectivity index (χ2n) is 7.22. The molecule has 1 aromatic heterocycles. The lowest BCUT2D eigenvalue weighted by Crippen LogP contribution is -2.38. The lowest BCUT2D eigenvalue weighted by molar-refractivity contribution is 0.122. The molecule has 0 bridgehead atoms. The van der Waals surface area contributed by atoms with Gasteiger partial charge in [-0.15, -0.1) is 10.2 Å². The van der Waals surface area contributed by atoms with Crippen LogP contribution in [0.4, 0.5) is 5.95 Å². The van der Waals surface area contributed by atoms with E-state index in [2.05, 4.69) is 21.2 Å². The van der Waals surface area contributed by atoms with Crippen LogP contribution in [0.2, 0.25) is 0 Å². The lowest BCUT2D eigenvalue weighted by Gasteiger charge is -2.28. The SMILES string of the molecule is CC(C#N)Oc1ccc(/C=C(/C#N)c2nnc(N3CCOCC3)n2-c2ccccc2)cc1. The van der Waals surface area contributed by atoms with E-state index in [-0.39, 0.29) is 0 Å². The molecule has 0 saturated carbocycles. The molecule has 2 aromatic carbocycles. The highest BCUT2D eigenvalue weighted by atomic mass is 16.5. The van der Waals surface area contributed by atoms with E-state index in [1.807, 2.05) is 53.1 Å². The van der Waals surface area contributed by atoms with E-state index in [9.17, 15) is 5.26 Å². The molecule has 0 aliphatic carbocycles. The van der Waals surface area contributed by atoms with Gasteiger partial charge >= 0.3 is 0 Å². The summed E-state index contributed by atoms with van der Waals surface area (Å²) in [5.41, 5.74) is 2.08. The van der Waals surface area contributed by atoms with E-state index in [0.29, 0.717) is 49.4 Å². The second-order valence-corrected chi connectivity index (χ2v) is 7.22. The number of hydrogen-bond acceptors (Lipinski definition) is 7. The molecule has 0 radical (unpaired) electrons. The predicted octanol–water partition coefficient (Wildman–Crippen LogP) is 3.46. The first-order valence-corrected chi connectivity index (χ1v) is 10.3. The second kappa shape index (κ2) is 9.78. The Morgan fingerprint density at radius 1 is 1.06 bits per heavy atom. The van der Waals surface area contributed by atoms with Crippen LogP contribution in [0.15, 0.2) is 54.6 Å². The Kier molecular flexibility index (Phi) is 6.45. The van der Waals surface area contributed by atoms with Crippen molar-refractivity contribution in [3.63, 3.8) is 0 Å². The van der Waals surface area contributed by atoms with E-state index in [1.54, 1.807) is 25.1 Å². The summed E-state index contributed by atoms with van der Waals surface area (Å²) in [6.07, 6.45) is 1.23. The zero-order valence-electron chi connectivity index (χ0n) is 17.7. The topological polar surface area (TPSA) is 100.0 Å². The number of allylic oxidation sites excluding steroid dienone is 1. The third kappa shape index (κ3) is 4.61. The number of nitriles is 2. The Hall–Kier alpha value is -4.14. The molecule has 1 aliphatic rings. The molecular formula is C24H22N6O2. The van der Waals surface area contributed by atoms with Crippen molar-refractivity contribution in [2.45, 2.75) is 13.0 Å². The predicted molar refractivity (Wildman–Crippen MR) is 120 cm³/mol. The van der Waals surface area contributed by atoms with Crippen LogP contribution in [0.3, 0.4) is 0 Å². The number of nitrogens with zero attached hydrogens (tertiary/aromatic N) is 6. The van der Waals surface area contributed by atoms with Gasteiger partial charge in [-0.05, 0) is 42.8 Å². The standard InChI is InChI=1S/C24H22N6O2/c1-18(16-25)32-22-9-7-19(8-10-22)15-20(17-26)23-27-28-24(29-11-13-31-14-12-29)30(23)21-5-3-2-4-6-21/h2-10,15,18H,11-14H2,1H3/b20-15-. The number of benzene rings is 2. The molecule has 1 fully saturated rings. The Labute approximate surface area is 186 Å². The maximum absolute atomic E-state index is 9.94. The molecular weight excluding hydrogens is 404 g/mol. The number of aromatic nitrogens is 3. The molecule has 0 N–H and O–H groups in total. The van der Waals surface area contributed by atoms with Crippen LogP contribution in [0.5, 0.6) is 5.75 Å². The van der Waals surface area contributed by atoms with E-state index < -0.39 is 6.10 Å². The van der Waals surface area contributed by atoms with E-state index in [4.69, 9.17) is 14.7 Å². The van der Waals surface area contributed by atoms with E-state index in [0.717, 1.165) is 11.3 Å². The van der Waals surface area contributed by atoms with E-state index in [1.165, 1.54) is 0 Å². The minimum Gasteiger partial charge on any atom is -0.476 e. The van der Waals surface area contributed by atoms with Crippen molar-refractivity contribution in [1.29, 1.82) is 10.5 Å². The minimum absolute atomic E-state index is 0.389. The summed E-state index contributed by atoms with van der Waals surface area (Å²) in [5, 5.41) is 27.6. The molecule has 8 nitrogen and oxygen atoms in total. The number of rotatable bonds is 6. The number of hydrogen-bond donors (Lipinski definition) is 0. The summed E-state index contributed by atoms with van der Waals surface area (Å²) in [4.78, 5) is 2.12. The highest BCUT2D eigenvalue weighted by Gasteiger charge is 2.23. The molecule has 1 unspecified atom stereocenters. The number of ether oxygens (including phenoxy) is 2. The van der Waals surface area contributed by atoms with Gasteiger partial charge in [-0.25, -0.2) is 0 Å². The van der Waals surface area contributed by atoms with Crippen LogP contribution in [-0.4, -0.2) is 47.2 Å². The molecule has 0 amide bonds. The molecule has 1 saturated heterocycles. The van der Waals surface area contributed by atoms with Crippen molar-refractivity contribution in [2.75, 3.05) is 31.2 Å². The summed E-state index contributed by atoms with van der Waals surface area (Å²) < 4.78 is 12.9. The van der Waals surface area contributed by atoms with Crippen LogP contribution in [0, 0.1) is 22.7 Å². The molecule has 0 spiro atoms. The van der Waals surface area contributed by atoms with Crippen molar-refractivity contribution in [3.8, 4) is 23.6 Å². The minimum atomic E-state index is -0.533. The van der Waals surface area contributed by atoms with Crippen LogP contribution < -0.4 is 9.64 Å². The quantitative estimate of drug-likeness (QED) is 0.557. The van der Waals surface area contributed by atoms with Crippen LogP contribution in [0.25, 0.3) is 17.3 Å². The fraction of sp³-hybridized carbons (Fsp3) is 0.250. The average molecular weight is 426 g/mol. The molecule has 4 rings (SSSR count). The Morgan fingerprint density at radius 3 is 2.44 bits per heavy atom. The summed E-state index contributed by atoms with van der Waals surface area (Å²) in [7, 11) is 0. The van der Waals surface area contributed by atoms with Crippen LogP contribution in [-0.2, 0) is 4.74 Å². The molecule has 160 valence electrons. The number of para-hydroxylation sites is 1. The van der Waals surface area contributed by atoms with E-state index >= 15 is 0 Å². The van der Waals surface area contributed by atoms with Gasteiger partial charge in [0.2, 0.25) is 5.95 Å². The maximum atomic E-state index is 9.94. The largest absolute Gasteiger partial charge is 0.476 e. The van der Waals surface area contributed by atoms with Gasteiger partial charge in [0, 0.05) is 13.1 Å². The number of anilines is 1. The first-order valence-electron chi connectivity index (χ1n) is 10.3. The molecule has 2 heterocycles. The average Bonchev–Trinajstić information content (AvgIpc) is 3.29. The molecule has 8 heteroatoms. The summed E-state index contributed by atoms with van der Waals surface area (Å²) in [6.45, 7) is 4.34. The van der Waals surface area contributed by atoms with Crippen LogP contribution >= 0.6 is 0 Å². The monoisotopic (exact) mass is 426 g/mol.